The van der Waals surface area contributed by atoms with Gasteiger partial charge in [-0.1, -0.05) is 12.8 Å². The fourth-order valence-electron chi connectivity index (χ4n) is 3.26. The Morgan fingerprint density at radius 2 is 2.16 bits per heavy atom. The molecule has 3 nitrogen and oxygen atoms in total. The fraction of sp³-hybridized carbons (Fsp3) is 0.667. The van der Waals surface area contributed by atoms with Gasteiger partial charge in [0, 0.05) is 23.7 Å². The number of aryl methyl sites for hydroxylation is 2. The summed E-state index contributed by atoms with van der Waals surface area (Å²) >= 11 is 1.73. The van der Waals surface area contributed by atoms with E-state index in [-0.39, 0.29) is 0 Å². The van der Waals surface area contributed by atoms with Gasteiger partial charge in [0.25, 0.3) is 0 Å². The Kier molecular flexibility index (Phi) is 3.63. The molecular formula is C15H23N3S. The van der Waals surface area contributed by atoms with Crippen molar-refractivity contribution in [2.75, 3.05) is 0 Å². The second-order valence-corrected chi connectivity index (χ2v) is 6.69. The smallest absolute Gasteiger partial charge is 0.194 e. The molecule has 1 N–H and O–H groups in total. The standard InChI is InChI=1S/C15H23N3S/c1-10-9-19-15-17-12(3)14(18(10)15)8-16-11(2)13-6-4-5-7-13/h9,11,13,16H,4-8H2,1-3H3. The molecule has 19 heavy (non-hydrogen) atoms. The Morgan fingerprint density at radius 1 is 1.42 bits per heavy atom. The van der Waals surface area contributed by atoms with Crippen LogP contribution in [0.25, 0.3) is 4.96 Å². The molecule has 2 aromatic rings. The molecule has 1 saturated carbocycles. The number of fused-ring (bicyclic) bond motifs is 1. The summed E-state index contributed by atoms with van der Waals surface area (Å²) in [5, 5.41) is 5.91. The van der Waals surface area contributed by atoms with E-state index in [4.69, 9.17) is 0 Å². The highest BCUT2D eigenvalue weighted by Gasteiger charge is 2.21. The summed E-state index contributed by atoms with van der Waals surface area (Å²) in [7, 11) is 0. The summed E-state index contributed by atoms with van der Waals surface area (Å²) in [6.45, 7) is 7.55. The largest absolute Gasteiger partial charge is 0.308 e. The topological polar surface area (TPSA) is 29.3 Å². The molecule has 1 fully saturated rings. The molecule has 0 aliphatic heterocycles. The zero-order valence-electron chi connectivity index (χ0n) is 12.1. The monoisotopic (exact) mass is 277 g/mol. The molecule has 0 amide bonds. The van der Waals surface area contributed by atoms with Gasteiger partial charge >= 0.3 is 0 Å². The summed E-state index contributed by atoms with van der Waals surface area (Å²) in [5.41, 5.74) is 3.80. The highest BCUT2D eigenvalue weighted by Crippen LogP contribution is 2.28. The van der Waals surface area contributed by atoms with E-state index in [1.807, 2.05) is 0 Å². The Hall–Kier alpha value is -0.870. The van der Waals surface area contributed by atoms with Crippen LogP contribution in [0.4, 0.5) is 0 Å². The lowest BCUT2D eigenvalue weighted by atomic mass is 10.00. The van der Waals surface area contributed by atoms with Crippen LogP contribution < -0.4 is 5.32 Å². The van der Waals surface area contributed by atoms with Crippen LogP contribution in [0.5, 0.6) is 0 Å². The van der Waals surface area contributed by atoms with Gasteiger partial charge in [-0.2, -0.15) is 0 Å². The summed E-state index contributed by atoms with van der Waals surface area (Å²) in [6, 6.07) is 0.617. The van der Waals surface area contributed by atoms with Crippen LogP contribution in [0.1, 0.15) is 49.7 Å². The van der Waals surface area contributed by atoms with Crippen molar-refractivity contribution in [2.45, 2.75) is 59.0 Å². The third-order valence-corrected chi connectivity index (χ3v) is 5.47. The van der Waals surface area contributed by atoms with Crippen LogP contribution in [0.15, 0.2) is 5.38 Å². The van der Waals surface area contributed by atoms with E-state index in [9.17, 15) is 0 Å². The molecule has 2 aromatic heterocycles. The summed E-state index contributed by atoms with van der Waals surface area (Å²) in [5.74, 6) is 0.868. The predicted molar refractivity (Wildman–Crippen MR) is 80.8 cm³/mol. The van der Waals surface area contributed by atoms with Gasteiger partial charge in [-0.05, 0) is 39.5 Å². The number of nitrogens with zero attached hydrogens (tertiary/aromatic N) is 2. The number of aromatic nitrogens is 2. The molecule has 0 aromatic carbocycles. The second kappa shape index (κ2) is 5.25. The van der Waals surface area contributed by atoms with Crippen LogP contribution in [0, 0.1) is 19.8 Å². The SMILES string of the molecule is Cc1nc2scc(C)n2c1CNC(C)C1CCCC1. The van der Waals surface area contributed by atoms with Crippen LogP contribution >= 0.6 is 11.3 Å². The van der Waals surface area contributed by atoms with E-state index < -0.39 is 0 Å². The third kappa shape index (κ3) is 2.43. The van der Waals surface area contributed by atoms with E-state index in [0.29, 0.717) is 6.04 Å². The van der Waals surface area contributed by atoms with Gasteiger partial charge in [0.2, 0.25) is 0 Å². The Balaban J connectivity index is 1.74. The van der Waals surface area contributed by atoms with Crippen molar-refractivity contribution in [3.63, 3.8) is 0 Å². The first-order chi connectivity index (χ1) is 9.16. The van der Waals surface area contributed by atoms with Gasteiger partial charge in [0.05, 0.1) is 11.4 Å². The number of nitrogens with one attached hydrogen (secondary N) is 1. The molecule has 4 heteroatoms. The average Bonchev–Trinajstić information content (AvgIpc) is 3.07. The molecule has 1 atom stereocenters. The molecule has 0 bridgehead atoms. The highest BCUT2D eigenvalue weighted by atomic mass is 32.1. The Morgan fingerprint density at radius 3 is 2.89 bits per heavy atom. The first kappa shape index (κ1) is 13.1. The minimum Gasteiger partial charge on any atom is -0.308 e. The molecule has 0 radical (unpaired) electrons. The van der Waals surface area contributed by atoms with Gasteiger partial charge in [-0.15, -0.1) is 11.3 Å². The van der Waals surface area contributed by atoms with E-state index in [1.54, 1.807) is 11.3 Å². The zero-order chi connectivity index (χ0) is 13.4. The maximum absolute atomic E-state index is 4.65. The van der Waals surface area contributed by atoms with Gasteiger partial charge in [-0.25, -0.2) is 4.98 Å². The Labute approximate surface area is 119 Å². The zero-order valence-corrected chi connectivity index (χ0v) is 12.9. The lowest BCUT2D eigenvalue weighted by molar-refractivity contribution is 0.378. The molecule has 2 heterocycles. The van der Waals surface area contributed by atoms with Crippen molar-refractivity contribution in [2.24, 2.45) is 5.92 Å². The Bertz CT molecular complexity index is 563. The van der Waals surface area contributed by atoms with Crippen LogP contribution in [-0.4, -0.2) is 15.4 Å². The molecule has 1 unspecified atom stereocenters. The predicted octanol–water partition coefficient (Wildman–Crippen LogP) is 3.68. The normalized spacial score (nSPS) is 18.5. The number of hydrogen-bond donors (Lipinski definition) is 1. The summed E-state index contributed by atoms with van der Waals surface area (Å²) in [6.07, 6.45) is 5.62. The van der Waals surface area contributed by atoms with E-state index >= 15 is 0 Å². The van der Waals surface area contributed by atoms with Crippen molar-refractivity contribution in [1.82, 2.24) is 14.7 Å². The lowest BCUT2D eigenvalue weighted by Gasteiger charge is -2.20. The maximum atomic E-state index is 4.65. The number of hydrogen-bond acceptors (Lipinski definition) is 3. The first-order valence-electron chi connectivity index (χ1n) is 7.32. The van der Waals surface area contributed by atoms with E-state index in [2.05, 4.69) is 40.9 Å². The fourth-order valence-corrected chi connectivity index (χ4v) is 4.19. The molecule has 0 spiro atoms. The van der Waals surface area contributed by atoms with Gasteiger partial charge in [0.1, 0.15) is 0 Å². The summed E-state index contributed by atoms with van der Waals surface area (Å²) < 4.78 is 2.30. The number of thiazole rings is 1. The minimum atomic E-state index is 0.617. The lowest BCUT2D eigenvalue weighted by Crippen LogP contribution is -2.32. The number of imidazole rings is 1. The first-order valence-corrected chi connectivity index (χ1v) is 8.20. The van der Waals surface area contributed by atoms with Gasteiger partial charge < -0.3 is 5.32 Å². The minimum absolute atomic E-state index is 0.617. The molecule has 1 aliphatic carbocycles. The number of rotatable bonds is 4. The van der Waals surface area contributed by atoms with Crippen LogP contribution in [0.3, 0.4) is 0 Å². The molecule has 3 rings (SSSR count). The van der Waals surface area contributed by atoms with Gasteiger partial charge in [-0.3, -0.25) is 4.40 Å². The van der Waals surface area contributed by atoms with E-state index in [0.717, 1.165) is 17.4 Å². The quantitative estimate of drug-likeness (QED) is 0.923. The van der Waals surface area contributed by atoms with Crippen molar-refractivity contribution in [1.29, 1.82) is 0 Å². The van der Waals surface area contributed by atoms with Crippen LogP contribution in [-0.2, 0) is 6.54 Å². The van der Waals surface area contributed by atoms with Gasteiger partial charge in [0.15, 0.2) is 4.96 Å². The average molecular weight is 277 g/mol. The van der Waals surface area contributed by atoms with Crippen molar-refractivity contribution in [3.05, 3.63) is 22.5 Å². The van der Waals surface area contributed by atoms with Crippen LogP contribution in [0.2, 0.25) is 0 Å². The highest BCUT2D eigenvalue weighted by molar-refractivity contribution is 7.15. The molecule has 0 saturated heterocycles. The summed E-state index contributed by atoms with van der Waals surface area (Å²) in [4.78, 5) is 5.78. The third-order valence-electron chi connectivity index (χ3n) is 4.53. The molecular weight excluding hydrogens is 254 g/mol. The van der Waals surface area contributed by atoms with Crippen molar-refractivity contribution in [3.8, 4) is 0 Å². The second-order valence-electron chi connectivity index (χ2n) is 5.85. The van der Waals surface area contributed by atoms with Crippen molar-refractivity contribution >= 4 is 16.3 Å². The molecule has 104 valence electrons. The van der Waals surface area contributed by atoms with Crippen molar-refractivity contribution < 1.29 is 0 Å². The maximum Gasteiger partial charge on any atom is 0.194 e. The van der Waals surface area contributed by atoms with E-state index in [1.165, 1.54) is 42.8 Å². The molecule has 1 aliphatic rings.